The zero-order chi connectivity index (χ0) is 11.8. The Balaban J connectivity index is 2.21. The summed E-state index contributed by atoms with van der Waals surface area (Å²) in [6, 6.07) is 5.53. The fraction of sp³-hybridized carbons (Fsp3) is 0.0769. The smallest absolute Gasteiger partial charge is 0.163 e. The maximum absolute atomic E-state index is 5.90. The number of hydrogen-bond donors (Lipinski definition) is 0. The second kappa shape index (κ2) is 3.86. The number of furan rings is 1. The lowest BCUT2D eigenvalue weighted by molar-refractivity contribution is 0.616. The number of rotatable bonds is 1. The van der Waals surface area contributed by atoms with E-state index in [2.05, 4.69) is 9.97 Å². The second-order valence-corrected chi connectivity index (χ2v) is 4.31. The van der Waals surface area contributed by atoms with Crippen LogP contribution in [0.1, 0.15) is 5.56 Å². The van der Waals surface area contributed by atoms with E-state index >= 15 is 0 Å². The Labute approximate surface area is 103 Å². The van der Waals surface area contributed by atoms with Gasteiger partial charge in [0.15, 0.2) is 5.82 Å². The molecule has 0 aliphatic carbocycles. The molecule has 2 heterocycles. The Morgan fingerprint density at radius 3 is 2.71 bits per heavy atom. The Bertz CT molecular complexity index is 673. The average molecular weight is 245 g/mol. The van der Waals surface area contributed by atoms with Crippen LogP contribution in [0.4, 0.5) is 0 Å². The third-order valence-electron chi connectivity index (χ3n) is 2.56. The van der Waals surface area contributed by atoms with Crippen molar-refractivity contribution in [1.29, 1.82) is 0 Å². The topological polar surface area (TPSA) is 38.9 Å². The van der Waals surface area contributed by atoms with Crippen molar-refractivity contribution in [3.05, 3.63) is 47.4 Å². The number of fused-ring (bicyclic) bond motifs is 1. The lowest BCUT2D eigenvalue weighted by Crippen LogP contribution is -1.87. The van der Waals surface area contributed by atoms with Crippen LogP contribution in [0.15, 0.2) is 41.3 Å². The first-order chi connectivity index (χ1) is 8.24. The molecule has 84 valence electrons. The molecular weight excluding hydrogens is 236 g/mol. The van der Waals surface area contributed by atoms with Crippen LogP contribution >= 0.6 is 11.6 Å². The van der Waals surface area contributed by atoms with E-state index < -0.39 is 0 Å². The first-order valence-corrected chi connectivity index (χ1v) is 5.57. The second-order valence-electron chi connectivity index (χ2n) is 3.87. The molecule has 3 aromatic rings. The summed E-state index contributed by atoms with van der Waals surface area (Å²) in [5.74, 6) is 0.664. The van der Waals surface area contributed by atoms with Gasteiger partial charge in [-0.15, -0.1) is 0 Å². The molecule has 2 aromatic heterocycles. The van der Waals surface area contributed by atoms with Crippen LogP contribution in [-0.4, -0.2) is 9.97 Å². The summed E-state index contributed by atoms with van der Waals surface area (Å²) >= 11 is 5.90. The monoisotopic (exact) mass is 244 g/mol. The molecule has 0 N–H and O–H groups in total. The molecule has 0 aliphatic heterocycles. The fourth-order valence-corrected chi connectivity index (χ4v) is 1.87. The van der Waals surface area contributed by atoms with Crippen LogP contribution < -0.4 is 0 Å². The Morgan fingerprint density at radius 2 is 1.94 bits per heavy atom. The summed E-state index contributed by atoms with van der Waals surface area (Å²) in [4.78, 5) is 8.58. The van der Waals surface area contributed by atoms with E-state index in [4.69, 9.17) is 16.0 Å². The van der Waals surface area contributed by atoms with Gasteiger partial charge in [0.2, 0.25) is 0 Å². The average Bonchev–Trinajstić information content (AvgIpc) is 2.73. The van der Waals surface area contributed by atoms with Crippen molar-refractivity contribution in [2.24, 2.45) is 0 Å². The molecule has 0 bridgehead atoms. The summed E-state index contributed by atoms with van der Waals surface area (Å²) in [6.07, 6.45) is 5.24. The molecule has 3 rings (SSSR count). The van der Waals surface area contributed by atoms with Gasteiger partial charge in [0.05, 0.1) is 5.56 Å². The summed E-state index contributed by atoms with van der Waals surface area (Å²) in [5, 5.41) is 1.63. The standard InChI is InChI=1S/C13H9ClN2O/c1-8-5-15-13(16-6-8)11-7-17-12-4-9(14)2-3-10(11)12/h2-7H,1H3. The highest BCUT2D eigenvalue weighted by Crippen LogP contribution is 2.29. The van der Waals surface area contributed by atoms with Crippen LogP contribution in [-0.2, 0) is 0 Å². The van der Waals surface area contributed by atoms with E-state index in [1.54, 1.807) is 24.7 Å². The highest BCUT2D eigenvalue weighted by molar-refractivity contribution is 6.31. The molecule has 0 fully saturated rings. The lowest BCUT2D eigenvalue weighted by atomic mass is 10.1. The van der Waals surface area contributed by atoms with Crippen LogP contribution in [0.3, 0.4) is 0 Å². The Hall–Kier alpha value is -1.87. The summed E-state index contributed by atoms with van der Waals surface area (Å²) in [5.41, 5.74) is 2.66. The van der Waals surface area contributed by atoms with E-state index in [1.165, 1.54) is 0 Å². The molecule has 0 spiro atoms. The molecule has 4 heteroatoms. The van der Waals surface area contributed by atoms with Crippen LogP contribution in [0, 0.1) is 6.92 Å². The predicted molar refractivity (Wildman–Crippen MR) is 67.0 cm³/mol. The zero-order valence-electron chi connectivity index (χ0n) is 9.14. The number of halogens is 1. The maximum atomic E-state index is 5.90. The van der Waals surface area contributed by atoms with Gasteiger partial charge in [-0.05, 0) is 24.6 Å². The van der Waals surface area contributed by atoms with Gasteiger partial charge in [0.25, 0.3) is 0 Å². The number of hydrogen-bond acceptors (Lipinski definition) is 3. The van der Waals surface area contributed by atoms with Crippen molar-refractivity contribution in [3.8, 4) is 11.4 Å². The molecule has 0 amide bonds. The SMILES string of the molecule is Cc1cnc(-c2coc3cc(Cl)ccc23)nc1. The van der Waals surface area contributed by atoms with Crippen LogP contribution in [0.2, 0.25) is 5.02 Å². The largest absolute Gasteiger partial charge is 0.463 e. The van der Waals surface area contributed by atoms with Crippen molar-refractivity contribution in [1.82, 2.24) is 9.97 Å². The van der Waals surface area contributed by atoms with Crippen molar-refractivity contribution >= 4 is 22.6 Å². The van der Waals surface area contributed by atoms with Crippen LogP contribution in [0.25, 0.3) is 22.4 Å². The third-order valence-corrected chi connectivity index (χ3v) is 2.79. The number of aromatic nitrogens is 2. The number of benzene rings is 1. The van der Waals surface area contributed by atoms with Gasteiger partial charge >= 0.3 is 0 Å². The van der Waals surface area contributed by atoms with E-state index in [-0.39, 0.29) is 0 Å². The van der Waals surface area contributed by atoms with Gasteiger partial charge in [-0.3, -0.25) is 0 Å². The van der Waals surface area contributed by atoms with Gasteiger partial charge in [-0.1, -0.05) is 11.6 Å². The molecule has 0 unspecified atom stereocenters. The van der Waals surface area contributed by atoms with Gasteiger partial charge in [0, 0.05) is 28.9 Å². The summed E-state index contributed by atoms with van der Waals surface area (Å²) in [7, 11) is 0. The van der Waals surface area contributed by atoms with E-state index in [0.29, 0.717) is 10.8 Å². The normalized spacial score (nSPS) is 10.9. The molecule has 0 aliphatic rings. The van der Waals surface area contributed by atoms with Crippen molar-refractivity contribution in [3.63, 3.8) is 0 Å². The Kier molecular flexibility index (Phi) is 2.34. The maximum Gasteiger partial charge on any atom is 0.163 e. The molecule has 0 radical (unpaired) electrons. The van der Waals surface area contributed by atoms with Gasteiger partial charge in [-0.2, -0.15) is 0 Å². The molecule has 0 saturated heterocycles. The molecule has 0 atom stereocenters. The van der Waals surface area contributed by atoms with Gasteiger partial charge in [-0.25, -0.2) is 9.97 Å². The minimum Gasteiger partial charge on any atom is -0.463 e. The van der Waals surface area contributed by atoms with E-state index in [9.17, 15) is 0 Å². The number of nitrogens with zero attached hydrogens (tertiary/aromatic N) is 2. The van der Waals surface area contributed by atoms with E-state index in [1.807, 2.05) is 19.1 Å². The minimum absolute atomic E-state index is 0.656. The molecule has 1 aromatic carbocycles. The lowest BCUT2D eigenvalue weighted by Gasteiger charge is -1.97. The highest BCUT2D eigenvalue weighted by atomic mass is 35.5. The summed E-state index contributed by atoms with van der Waals surface area (Å²) < 4.78 is 5.45. The van der Waals surface area contributed by atoms with E-state index in [0.717, 1.165) is 22.1 Å². The van der Waals surface area contributed by atoms with Gasteiger partial charge < -0.3 is 4.42 Å². The third kappa shape index (κ3) is 1.78. The highest BCUT2D eigenvalue weighted by Gasteiger charge is 2.10. The minimum atomic E-state index is 0.656. The fourth-order valence-electron chi connectivity index (χ4n) is 1.71. The number of aryl methyl sites for hydroxylation is 1. The molecular formula is C13H9ClN2O. The van der Waals surface area contributed by atoms with Gasteiger partial charge in [0.1, 0.15) is 11.8 Å². The van der Waals surface area contributed by atoms with Crippen molar-refractivity contribution < 1.29 is 4.42 Å². The van der Waals surface area contributed by atoms with Crippen molar-refractivity contribution in [2.75, 3.05) is 0 Å². The predicted octanol–water partition coefficient (Wildman–Crippen LogP) is 3.85. The molecule has 17 heavy (non-hydrogen) atoms. The molecule has 3 nitrogen and oxygen atoms in total. The quantitative estimate of drug-likeness (QED) is 0.653. The van der Waals surface area contributed by atoms with Crippen molar-refractivity contribution in [2.45, 2.75) is 6.92 Å². The van der Waals surface area contributed by atoms with Crippen LogP contribution in [0.5, 0.6) is 0 Å². The zero-order valence-corrected chi connectivity index (χ0v) is 9.90. The first kappa shape index (κ1) is 10.3. The molecule has 0 saturated carbocycles. The first-order valence-electron chi connectivity index (χ1n) is 5.20. The Morgan fingerprint density at radius 1 is 1.18 bits per heavy atom. The summed E-state index contributed by atoms with van der Waals surface area (Å²) in [6.45, 7) is 1.96.